The first-order valence-electron chi connectivity index (χ1n) is 6.28. The summed E-state index contributed by atoms with van der Waals surface area (Å²) in [6, 6.07) is 7.89. The molecule has 0 aliphatic rings. The van der Waals surface area contributed by atoms with Crippen LogP contribution in [0.2, 0.25) is 5.28 Å². The molecule has 2 aromatic heterocycles. The maximum absolute atomic E-state index is 5.87. The molecular formula is C14H13ClN4O. The largest absolute Gasteiger partial charge is 0.437 e. The summed E-state index contributed by atoms with van der Waals surface area (Å²) in [5.74, 6) is 1.51. The molecule has 0 fully saturated rings. The van der Waals surface area contributed by atoms with Gasteiger partial charge in [-0.2, -0.15) is 9.97 Å². The van der Waals surface area contributed by atoms with Crippen molar-refractivity contribution in [3.8, 4) is 11.6 Å². The number of nitrogens with zero attached hydrogens (tertiary/aromatic N) is 3. The maximum atomic E-state index is 5.87. The average molecular weight is 289 g/mol. The zero-order valence-electron chi connectivity index (χ0n) is 11.1. The van der Waals surface area contributed by atoms with E-state index in [1.807, 2.05) is 18.2 Å². The zero-order chi connectivity index (χ0) is 14.1. The van der Waals surface area contributed by atoms with Gasteiger partial charge in [0, 0.05) is 0 Å². The predicted molar refractivity (Wildman–Crippen MR) is 77.3 cm³/mol. The van der Waals surface area contributed by atoms with Crippen molar-refractivity contribution in [2.75, 3.05) is 0 Å². The second kappa shape index (κ2) is 5.09. The summed E-state index contributed by atoms with van der Waals surface area (Å²) in [5.41, 5.74) is 2.31. The smallest absolute Gasteiger partial charge is 0.250 e. The molecule has 0 saturated heterocycles. The topological polar surface area (TPSA) is 63.7 Å². The van der Waals surface area contributed by atoms with Crippen LogP contribution in [0, 0.1) is 0 Å². The highest BCUT2D eigenvalue weighted by molar-refractivity contribution is 6.28. The summed E-state index contributed by atoms with van der Waals surface area (Å²) in [4.78, 5) is 15.1. The molecule has 0 spiro atoms. The summed E-state index contributed by atoms with van der Waals surface area (Å²) in [7, 11) is 0. The minimum absolute atomic E-state index is 0.111. The summed E-state index contributed by atoms with van der Waals surface area (Å²) in [6.45, 7) is 4.27. The van der Waals surface area contributed by atoms with Gasteiger partial charge in [-0.3, -0.25) is 0 Å². The normalized spacial score (nSPS) is 11.2. The Labute approximate surface area is 121 Å². The number of benzene rings is 1. The van der Waals surface area contributed by atoms with Crippen LogP contribution in [0.5, 0.6) is 11.6 Å². The van der Waals surface area contributed by atoms with Gasteiger partial charge in [0.15, 0.2) is 5.65 Å². The third-order valence-corrected chi connectivity index (χ3v) is 3.13. The summed E-state index contributed by atoms with van der Waals surface area (Å²) in [5, 5.41) is 0.111. The summed E-state index contributed by atoms with van der Waals surface area (Å²) in [6.07, 6.45) is 1.53. The number of halogens is 1. The molecule has 0 aliphatic carbocycles. The van der Waals surface area contributed by atoms with Gasteiger partial charge in [0.25, 0.3) is 0 Å². The van der Waals surface area contributed by atoms with Crippen molar-refractivity contribution in [1.29, 1.82) is 0 Å². The highest BCUT2D eigenvalue weighted by atomic mass is 35.5. The minimum atomic E-state index is 0.111. The molecule has 3 aromatic rings. The van der Waals surface area contributed by atoms with Crippen molar-refractivity contribution in [2.24, 2.45) is 0 Å². The van der Waals surface area contributed by atoms with E-state index in [-0.39, 0.29) is 5.28 Å². The molecule has 0 bridgehead atoms. The molecule has 0 amide bonds. The third-order valence-electron chi connectivity index (χ3n) is 2.96. The molecule has 5 nitrogen and oxygen atoms in total. The average Bonchev–Trinajstić information content (AvgIpc) is 2.87. The van der Waals surface area contributed by atoms with E-state index in [0.717, 1.165) is 0 Å². The van der Waals surface area contributed by atoms with Gasteiger partial charge < -0.3 is 9.72 Å². The molecule has 0 atom stereocenters. The number of hydrogen-bond acceptors (Lipinski definition) is 4. The van der Waals surface area contributed by atoms with Gasteiger partial charge in [-0.25, -0.2) is 4.98 Å². The molecule has 2 heterocycles. The lowest BCUT2D eigenvalue weighted by atomic mass is 10.0. The molecule has 102 valence electrons. The van der Waals surface area contributed by atoms with Gasteiger partial charge >= 0.3 is 0 Å². The number of ether oxygens (including phenoxy) is 1. The Hall–Kier alpha value is -2.14. The molecule has 0 unspecified atom stereocenters. The number of imidazole rings is 1. The number of hydrogen-bond donors (Lipinski definition) is 1. The molecule has 1 aromatic carbocycles. The van der Waals surface area contributed by atoms with Crippen LogP contribution < -0.4 is 4.74 Å². The van der Waals surface area contributed by atoms with Crippen LogP contribution >= 0.6 is 11.6 Å². The Kier molecular flexibility index (Phi) is 3.28. The lowest BCUT2D eigenvalue weighted by molar-refractivity contribution is 0.466. The third kappa shape index (κ3) is 2.44. The van der Waals surface area contributed by atoms with Crippen LogP contribution in [0.25, 0.3) is 11.2 Å². The molecular weight excluding hydrogens is 276 g/mol. The lowest BCUT2D eigenvalue weighted by Gasteiger charge is -2.09. The zero-order valence-corrected chi connectivity index (χ0v) is 11.8. The number of aromatic nitrogens is 4. The Morgan fingerprint density at radius 3 is 2.90 bits per heavy atom. The van der Waals surface area contributed by atoms with Crippen LogP contribution in [-0.4, -0.2) is 19.9 Å². The lowest BCUT2D eigenvalue weighted by Crippen LogP contribution is -1.94. The van der Waals surface area contributed by atoms with Gasteiger partial charge in [0.2, 0.25) is 11.2 Å². The number of rotatable bonds is 3. The SMILES string of the molecule is CC(C)c1cccc(Oc2nc(Cl)nc3nc[nH]c23)c1. The van der Waals surface area contributed by atoms with Crippen LogP contribution in [0.15, 0.2) is 30.6 Å². The fourth-order valence-electron chi connectivity index (χ4n) is 1.90. The molecule has 0 radical (unpaired) electrons. The first-order valence-corrected chi connectivity index (χ1v) is 6.65. The van der Waals surface area contributed by atoms with Gasteiger partial charge in [0.05, 0.1) is 6.33 Å². The minimum Gasteiger partial charge on any atom is -0.437 e. The molecule has 1 N–H and O–H groups in total. The molecule has 20 heavy (non-hydrogen) atoms. The second-order valence-corrected chi connectivity index (χ2v) is 5.07. The Bertz CT molecular complexity index is 754. The van der Waals surface area contributed by atoms with E-state index in [9.17, 15) is 0 Å². The van der Waals surface area contributed by atoms with Crippen LogP contribution in [0.4, 0.5) is 0 Å². The summed E-state index contributed by atoms with van der Waals surface area (Å²) >= 11 is 5.87. The Morgan fingerprint density at radius 2 is 2.10 bits per heavy atom. The van der Waals surface area contributed by atoms with E-state index in [1.165, 1.54) is 11.9 Å². The van der Waals surface area contributed by atoms with Gasteiger partial charge in [-0.05, 0) is 35.2 Å². The van der Waals surface area contributed by atoms with E-state index in [4.69, 9.17) is 16.3 Å². The number of nitrogens with one attached hydrogen (secondary N) is 1. The number of fused-ring (bicyclic) bond motifs is 1. The van der Waals surface area contributed by atoms with Crippen molar-refractivity contribution >= 4 is 22.8 Å². The number of aromatic amines is 1. The van der Waals surface area contributed by atoms with Crippen LogP contribution in [0.3, 0.4) is 0 Å². The van der Waals surface area contributed by atoms with Gasteiger partial charge in [-0.1, -0.05) is 26.0 Å². The molecule has 0 aliphatic heterocycles. The predicted octanol–water partition coefficient (Wildman–Crippen LogP) is 3.92. The van der Waals surface area contributed by atoms with Gasteiger partial charge in [-0.15, -0.1) is 0 Å². The first-order chi connectivity index (χ1) is 9.63. The van der Waals surface area contributed by atoms with Crippen molar-refractivity contribution in [3.05, 3.63) is 41.4 Å². The van der Waals surface area contributed by atoms with E-state index in [1.54, 1.807) is 0 Å². The van der Waals surface area contributed by atoms with Crippen molar-refractivity contribution in [1.82, 2.24) is 19.9 Å². The monoisotopic (exact) mass is 288 g/mol. The molecule has 0 saturated carbocycles. The standard InChI is InChI=1S/C14H13ClN4O/c1-8(2)9-4-3-5-10(6-9)20-13-11-12(17-7-16-11)18-14(15)19-13/h3-8H,1-2H3,(H,16,17,18,19). The van der Waals surface area contributed by atoms with Gasteiger partial charge in [0.1, 0.15) is 11.3 Å². The summed E-state index contributed by atoms with van der Waals surface area (Å²) < 4.78 is 5.81. The van der Waals surface area contributed by atoms with E-state index < -0.39 is 0 Å². The van der Waals surface area contributed by atoms with E-state index in [0.29, 0.717) is 28.7 Å². The molecule has 3 rings (SSSR count). The van der Waals surface area contributed by atoms with Crippen LogP contribution in [0.1, 0.15) is 25.3 Å². The molecule has 6 heteroatoms. The van der Waals surface area contributed by atoms with Crippen LogP contribution in [-0.2, 0) is 0 Å². The van der Waals surface area contributed by atoms with Crippen molar-refractivity contribution in [3.63, 3.8) is 0 Å². The second-order valence-electron chi connectivity index (χ2n) is 4.73. The first kappa shape index (κ1) is 12.9. The fraction of sp³-hybridized carbons (Fsp3) is 0.214. The van der Waals surface area contributed by atoms with Crippen molar-refractivity contribution in [2.45, 2.75) is 19.8 Å². The quantitative estimate of drug-likeness (QED) is 0.742. The van der Waals surface area contributed by atoms with Crippen molar-refractivity contribution < 1.29 is 4.74 Å². The number of H-pyrrole nitrogens is 1. The Morgan fingerprint density at radius 1 is 1.25 bits per heavy atom. The highest BCUT2D eigenvalue weighted by Crippen LogP contribution is 2.28. The Balaban J connectivity index is 2.00. The van der Waals surface area contributed by atoms with E-state index in [2.05, 4.69) is 39.8 Å². The maximum Gasteiger partial charge on any atom is 0.250 e. The highest BCUT2D eigenvalue weighted by Gasteiger charge is 2.11. The van der Waals surface area contributed by atoms with E-state index >= 15 is 0 Å². The fourth-order valence-corrected chi connectivity index (χ4v) is 2.06.